The van der Waals surface area contributed by atoms with Gasteiger partial charge in [-0.15, -0.1) is 0 Å². The zero-order valence-electron chi connectivity index (χ0n) is 20.0. The van der Waals surface area contributed by atoms with E-state index in [0.717, 1.165) is 17.1 Å². The SMILES string of the molecule is COc1cccc(S(=O)(=O)n2ccc3cnc(Nc4ccc(C(=O)N5CCN(C)CC5)cc4)nc32)c1. The number of methoxy groups -OCH3 is 1. The molecule has 36 heavy (non-hydrogen) atoms. The molecule has 10 nitrogen and oxygen atoms in total. The Morgan fingerprint density at radius 3 is 2.50 bits per heavy atom. The van der Waals surface area contributed by atoms with E-state index in [0.29, 0.717) is 35.5 Å². The van der Waals surface area contributed by atoms with Gasteiger partial charge in [-0.25, -0.2) is 17.4 Å². The number of carbonyl (C=O) groups excluding carboxylic acids is 1. The van der Waals surface area contributed by atoms with Crippen LogP contribution in [-0.4, -0.2) is 78.4 Å². The van der Waals surface area contributed by atoms with Crippen LogP contribution in [0.2, 0.25) is 0 Å². The number of fused-ring (bicyclic) bond motifs is 1. The van der Waals surface area contributed by atoms with Crippen LogP contribution in [0.15, 0.2) is 71.9 Å². The smallest absolute Gasteiger partial charge is 0.269 e. The zero-order chi connectivity index (χ0) is 25.3. The summed E-state index contributed by atoms with van der Waals surface area (Å²) in [5.41, 5.74) is 1.54. The summed E-state index contributed by atoms with van der Waals surface area (Å²) < 4.78 is 32.9. The van der Waals surface area contributed by atoms with Crippen molar-refractivity contribution in [2.45, 2.75) is 4.90 Å². The molecule has 4 aromatic rings. The molecular formula is C25H26N6O4S. The molecule has 186 valence electrons. The lowest BCUT2D eigenvalue weighted by molar-refractivity contribution is 0.0664. The van der Waals surface area contributed by atoms with E-state index in [1.165, 1.54) is 25.4 Å². The molecule has 0 radical (unpaired) electrons. The number of rotatable bonds is 6. The van der Waals surface area contributed by atoms with E-state index in [2.05, 4.69) is 20.2 Å². The first-order valence-corrected chi connectivity index (χ1v) is 12.9. The van der Waals surface area contributed by atoms with Crippen molar-refractivity contribution in [1.82, 2.24) is 23.7 Å². The van der Waals surface area contributed by atoms with E-state index in [1.54, 1.807) is 48.7 Å². The molecule has 0 bridgehead atoms. The number of ether oxygens (including phenoxy) is 1. The van der Waals surface area contributed by atoms with Crippen LogP contribution in [0.1, 0.15) is 10.4 Å². The molecule has 5 rings (SSSR count). The molecule has 0 unspecified atom stereocenters. The molecule has 2 aromatic heterocycles. The van der Waals surface area contributed by atoms with Gasteiger partial charge in [0.05, 0.1) is 12.0 Å². The third kappa shape index (κ3) is 4.62. The van der Waals surface area contributed by atoms with E-state index >= 15 is 0 Å². The Bertz CT molecular complexity index is 1510. The third-order valence-electron chi connectivity index (χ3n) is 6.17. The molecule has 1 fully saturated rings. The number of hydrogen-bond donors (Lipinski definition) is 1. The number of carbonyl (C=O) groups is 1. The first-order chi connectivity index (χ1) is 17.3. The number of amides is 1. The van der Waals surface area contributed by atoms with Crippen LogP contribution in [0.5, 0.6) is 5.75 Å². The Hall–Kier alpha value is -3.96. The first kappa shape index (κ1) is 23.8. The summed E-state index contributed by atoms with van der Waals surface area (Å²) in [5, 5.41) is 3.68. The molecule has 1 saturated heterocycles. The van der Waals surface area contributed by atoms with Crippen LogP contribution in [0.4, 0.5) is 11.6 Å². The molecule has 2 aromatic carbocycles. The average molecular weight is 507 g/mol. The highest BCUT2D eigenvalue weighted by Crippen LogP contribution is 2.25. The summed E-state index contributed by atoms with van der Waals surface area (Å²) in [6, 6.07) is 15.0. The number of hydrogen-bond acceptors (Lipinski definition) is 8. The molecule has 1 aliphatic rings. The van der Waals surface area contributed by atoms with E-state index in [9.17, 15) is 13.2 Å². The van der Waals surface area contributed by atoms with E-state index in [4.69, 9.17) is 4.74 Å². The number of anilines is 2. The molecule has 0 spiro atoms. The van der Waals surface area contributed by atoms with Crippen LogP contribution in [0.3, 0.4) is 0 Å². The molecular weight excluding hydrogens is 480 g/mol. The quantitative estimate of drug-likeness (QED) is 0.425. The molecule has 11 heteroatoms. The van der Waals surface area contributed by atoms with Crippen LogP contribution >= 0.6 is 0 Å². The second-order valence-electron chi connectivity index (χ2n) is 8.57. The van der Waals surface area contributed by atoms with Crippen molar-refractivity contribution in [3.63, 3.8) is 0 Å². The van der Waals surface area contributed by atoms with Crippen molar-refractivity contribution in [2.75, 3.05) is 45.7 Å². The summed E-state index contributed by atoms with van der Waals surface area (Å²) >= 11 is 0. The first-order valence-electron chi connectivity index (χ1n) is 11.4. The summed E-state index contributed by atoms with van der Waals surface area (Å²) in [4.78, 5) is 25.7. The maximum atomic E-state index is 13.3. The Balaban J connectivity index is 1.37. The second-order valence-corrected chi connectivity index (χ2v) is 10.4. The Labute approximate surface area is 209 Å². The van der Waals surface area contributed by atoms with Gasteiger partial charge in [-0.2, -0.15) is 4.98 Å². The molecule has 0 aliphatic carbocycles. The van der Waals surface area contributed by atoms with Gasteiger partial charge in [-0.3, -0.25) is 4.79 Å². The van der Waals surface area contributed by atoms with Gasteiger partial charge in [0.1, 0.15) is 5.75 Å². The van der Waals surface area contributed by atoms with Crippen LogP contribution in [-0.2, 0) is 10.0 Å². The lowest BCUT2D eigenvalue weighted by atomic mass is 10.1. The molecule has 0 atom stereocenters. The molecule has 1 N–H and O–H groups in total. The van der Waals surface area contributed by atoms with Gasteiger partial charge in [-0.05, 0) is 49.5 Å². The molecule has 0 saturated carbocycles. The van der Waals surface area contributed by atoms with Crippen molar-refractivity contribution in [3.05, 3.63) is 72.6 Å². The predicted octanol–water partition coefficient (Wildman–Crippen LogP) is 2.81. The minimum absolute atomic E-state index is 0.00731. The maximum absolute atomic E-state index is 13.3. The maximum Gasteiger partial charge on any atom is 0.269 e. The van der Waals surface area contributed by atoms with Crippen molar-refractivity contribution >= 4 is 38.6 Å². The van der Waals surface area contributed by atoms with Gasteiger partial charge in [0.25, 0.3) is 15.9 Å². The van der Waals surface area contributed by atoms with Gasteiger partial charge < -0.3 is 19.9 Å². The number of nitrogens with zero attached hydrogens (tertiary/aromatic N) is 5. The van der Waals surface area contributed by atoms with Crippen molar-refractivity contribution < 1.29 is 17.9 Å². The summed E-state index contributed by atoms with van der Waals surface area (Å²) in [5.74, 6) is 0.688. The second kappa shape index (κ2) is 9.59. The summed E-state index contributed by atoms with van der Waals surface area (Å²) in [6.07, 6.45) is 3.02. The van der Waals surface area contributed by atoms with Crippen molar-refractivity contribution in [1.29, 1.82) is 0 Å². The lowest BCUT2D eigenvalue weighted by Gasteiger charge is -2.32. The van der Waals surface area contributed by atoms with Crippen LogP contribution < -0.4 is 10.1 Å². The molecule has 1 amide bonds. The Morgan fingerprint density at radius 2 is 1.78 bits per heavy atom. The number of likely N-dealkylation sites (N-methyl/N-ethyl adjacent to an activating group) is 1. The Morgan fingerprint density at radius 1 is 1.03 bits per heavy atom. The fraction of sp³-hybridized carbons (Fsp3) is 0.240. The normalized spacial score (nSPS) is 14.7. The average Bonchev–Trinajstić information content (AvgIpc) is 3.33. The highest BCUT2D eigenvalue weighted by molar-refractivity contribution is 7.90. The van der Waals surface area contributed by atoms with Crippen LogP contribution in [0, 0.1) is 0 Å². The van der Waals surface area contributed by atoms with Crippen molar-refractivity contribution in [2.24, 2.45) is 0 Å². The van der Waals surface area contributed by atoms with Crippen LogP contribution in [0.25, 0.3) is 11.0 Å². The minimum Gasteiger partial charge on any atom is -0.497 e. The van der Waals surface area contributed by atoms with Gasteiger partial charge in [0, 0.05) is 61.3 Å². The highest BCUT2D eigenvalue weighted by atomic mass is 32.2. The predicted molar refractivity (Wildman–Crippen MR) is 136 cm³/mol. The topological polar surface area (TPSA) is 110 Å². The number of benzene rings is 2. The van der Waals surface area contributed by atoms with Crippen molar-refractivity contribution in [3.8, 4) is 5.75 Å². The van der Waals surface area contributed by atoms with E-state index in [1.807, 2.05) is 11.9 Å². The number of aromatic nitrogens is 3. The van der Waals surface area contributed by atoms with Gasteiger partial charge in [0.15, 0.2) is 5.65 Å². The van der Waals surface area contributed by atoms with Gasteiger partial charge in [-0.1, -0.05) is 6.07 Å². The standard InChI is InChI=1S/C25H26N6O4S/c1-29-12-14-30(15-13-29)24(32)18-6-8-20(9-7-18)27-25-26-17-19-10-11-31(23(19)28-25)36(33,34)22-5-3-4-21(16-22)35-2/h3-11,16-17H,12-15H2,1-2H3,(H,26,27,28). The fourth-order valence-electron chi connectivity index (χ4n) is 4.04. The van der Waals surface area contributed by atoms with E-state index in [-0.39, 0.29) is 22.4 Å². The third-order valence-corrected chi connectivity index (χ3v) is 7.83. The number of nitrogens with one attached hydrogen (secondary N) is 1. The molecule has 1 aliphatic heterocycles. The summed E-state index contributed by atoms with van der Waals surface area (Å²) in [7, 11) is -0.369. The monoisotopic (exact) mass is 506 g/mol. The van der Waals surface area contributed by atoms with Gasteiger partial charge >= 0.3 is 0 Å². The lowest BCUT2D eigenvalue weighted by Crippen LogP contribution is -2.47. The summed E-state index contributed by atoms with van der Waals surface area (Å²) in [6.45, 7) is 3.14. The fourth-order valence-corrected chi connectivity index (χ4v) is 5.38. The Kier molecular flexibility index (Phi) is 6.33. The number of piperazine rings is 1. The van der Waals surface area contributed by atoms with Gasteiger partial charge in [0.2, 0.25) is 5.95 Å². The minimum atomic E-state index is -3.90. The largest absolute Gasteiger partial charge is 0.497 e. The van der Waals surface area contributed by atoms with E-state index < -0.39 is 10.0 Å². The molecule has 3 heterocycles. The highest BCUT2D eigenvalue weighted by Gasteiger charge is 2.22. The zero-order valence-corrected chi connectivity index (χ0v) is 20.8.